The van der Waals surface area contributed by atoms with Crippen molar-refractivity contribution in [3.63, 3.8) is 0 Å². The van der Waals surface area contributed by atoms with Crippen LogP contribution in [-0.2, 0) is 23.8 Å². The monoisotopic (exact) mass is 338 g/mol. The largest absolute Gasteiger partial charge is 0.378 e. The van der Waals surface area contributed by atoms with Crippen LogP contribution in [0.4, 0.5) is 0 Å². The van der Waals surface area contributed by atoms with E-state index >= 15 is 0 Å². The van der Waals surface area contributed by atoms with Gasteiger partial charge in [-0.2, -0.15) is 0 Å². The van der Waals surface area contributed by atoms with Crippen molar-refractivity contribution in [3.8, 4) is 0 Å². The van der Waals surface area contributed by atoms with Crippen LogP contribution < -0.4 is 5.73 Å². The zero-order valence-electron chi connectivity index (χ0n) is 13.9. The number of likely N-dealkylation sites (tertiary alicyclic amines) is 1. The minimum Gasteiger partial charge on any atom is -0.378 e. The van der Waals surface area contributed by atoms with E-state index in [4.69, 9.17) is 19.9 Å². The highest BCUT2D eigenvalue weighted by molar-refractivity contribution is 6.06. The fourth-order valence-corrected chi connectivity index (χ4v) is 3.97. The van der Waals surface area contributed by atoms with Gasteiger partial charge in [-0.3, -0.25) is 14.5 Å². The molecule has 4 atom stereocenters. The molecule has 3 rings (SSSR count). The normalized spacial score (nSPS) is 30.6. The number of ether oxygens (including phenoxy) is 3. The van der Waals surface area contributed by atoms with Crippen LogP contribution in [0, 0.1) is 23.7 Å². The first-order valence-electron chi connectivity index (χ1n) is 8.71. The average Bonchev–Trinajstić information content (AvgIpc) is 3.25. The molecule has 1 saturated carbocycles. The highest BCUT2D eigenvalue weighted by Gasteiger charge is 2.58. The highest BCUT2D eigenvalue weighted by atomic mass is 16.5. The van der Waals surface area contributed by atoms with Crippen molar-refractivity contribution in [1.29, 1.82) is 0 Å². The third-order valence-corrected chi connectivity index (χ3v) is 5.03. The van der Waals surface area contributed by atoms with Crippen molar-refractivity contribution in [2.45, 2.75) is 6.42 Å². The zero-order chi connectivity index (χ0) is 16.9. The summed E-state index contributed by atoms with van der Waals surface area (Å²) in [5.74, 6) is 0.251. The van der Waals surface area contributed by atoms with Gasteiger partial charge in [-0.15, -0.1) is 0 Å². The second-order valence-electron chi connectivity index (χ2n) is 6.45. The van der Waals surface area contributed by atoms with E-state index < -0.39 is 0 Å². The number of carbonyl (C=O) groups excluding carboxylic acids is 2. The van der Waals surface area contributed by atoms with Crippen LogP contribution in [0.3, 0.4) is 0 Å². The van der Waals surface area contributed by atoms with Crippen LogP contribution in [0.15, 0.2) is 12.2 Å². The Morgan fingerprint density at radius 2 is 1.38 bits per heavy atom. The number of imide groups is 1. The summed E-state index contributed by atoms with van der Waals surface area (Å²) in [6.07, 6.45) is 5.17. The lowest BCUT2D eigenvalue weighted by Gasteiger charge is -2.17. The Bertz CT molecular complexity index is 465. The van der Waals surface area contributed by atoms with E-state index in [2.05, 4.69) is 12.2 Å². The molecule has 2 amide bonds. The van der Waals surface area contributed by atoms with Crippen molar-refractivity contribution in [1.82, 2.24) is 4.90 Å². The summed E-state index contributed by atoms with van der Waals surface area (Å²) in [4.78, 5) is 26.3. The van der Waals surface area contributed by atoms with E-state index in [-0.39, 0.29) is 35.5 Å². The van der Waals surface area contributed by atoms with E-state index in [1.165, 1.54) is 4.90 Å². The van der Waals surface area contributed by atoms with Crippen molar-refractivity contribution < 1.29 is 23.8 Å². The number of rotatable bonds is 11. The van der Waals surface area contributed by atoms with Gasteiger partial charge in [0.1, 0.15) is 0 Å². The number of carbonyl (C=O) groups is 2. The maximum absolute atomic E-state index is 12.4. The Morgan fingerprint density at radius 1 is 0.875 bits per heavy atom. The number of amides is 2. The predicted molar refractivity (Wildman–Crippen MR) is 85.9 cm³/mol. The molecular formula is C17H26N2O5. The van der Waals surface area contributed by atoms with Gasteiger partial charge < -0.3 is 19.9 Å². The third-order valence-electron chi connectivity index (χ3n) is 5.03. The van der Waals surface area contributed by atoms with Crippen molar-refractivity contribution >= 4 is 11.8 Å². The Kier molecular flexibility index (Phi) is 5.99. The summed E-state index contributed by atoms with van der Waals surface area (Å²) in [6, 6.07) is 0. The number of fused-ring (bicyclic) bond motifs is 5. The Balaban J connectivity index is 1.28. The number of hydrogen-bond acceptors (Lipinski definition) is 6. The Hall–Kier alpha value is -1.28. The lowest BCUT2D eigenvalue weighted by Crippen LogP contribution is -2.35. The minimum absolute atomic E-state index is 0.0150. The molecule has 2 aliphatic carbocycles. The second kappa shape index (κ2) is 8.20. The molecule has 24 heavy (non-hydrogen) atoms. The summed E-state index contributed by atoms with van der Waals surface area (Å²) in [5, 5.41) is 0. The van der Waals surface area contributed by atoms with Crippen LogP contribution in [0.1, 0.15) is 6.42 Å². The van der Waals surface area contributed by atoms with Crippen molar-refractivity contribution in [2.75, 3.05) is 52.7 Å². The van der Waals surface area contributed by atoms with Gasteiger partial charge in [0.15, 0.2) is 0 Å². The van der Waals surface area contributed by atoms with Gasteiger partial charge >= 0.3 is 0 Å². The van der Waals surface area contributed by atoms with Crippen LogP contribution in [0.5, 0.6) is 0 Å². The molecule has 0 aromatic carbocycles. The Labute approximate surface area is 142 Å². The maximum Gasteiger partial charge on any atom is 0.233 e. The minimum atomic E-state index is -0.121. The molecule has 2 fully saturated rings. The molecule has 7 heteroatoms. The molecule has 4 unspecified atom stereocenters. The second-order valence-corrected chi connectivity index (χ2v) is 6.45. The molecule has 0 aromatic rings. The third kappa shape index (κ3) is 3.54. The predicted octanol–water partition coefficient (Wildman–Crippen LogP) is -0.198. The lowest BCUT2D eigenvalue weighted by molar-refractivity contribution is -0.141. The molecule has 0 radical (unpaired) electrons. The van der Waals surface area contributed by atoms with Crippen LogP contribution >= 0.6 is 0 Å². The quantitative estimate of drug-likeness (QED) is 0.319. The van der Waals surface area contributed by atoms with Gasteiger partial charge in [-0.05, 0) is 18.3 Å². The number of nitrogens with two attached hydrogens (primary N) is 1. The molecule has 1 aliphatic heterocycles. The van der Waals surface area contributed by atoms with Crippen molar-refractivity contribution in [2.24, 2.45) is 29.4 Å². The van der Waals surface area contributed by atoms with Gasteiger partial charge in [0, 0.05) is 6.54 Å². The molecule has 3 aliphatic rings. The summed E-state index contributed by atoms with van der Waals surface area (Å²) >= 11 is 0. The van der Waals surface area contributed by atoms with Gasteiger partial charge in [0.25, 0.3) is 0 Å². The first-order chi connectivity index (χ1) is 11.7. The van der Waals surface area contributed by atoms with E-state index in [0.29, 0.717) is 52.7 Å². The number of allylic oxidation sites excluding steroid dienone is 2. The molecule has 0 spiro atoms. The first-order valence-corrected chi connectivity index (χ1v) is 8.71. The molecule has 2 bridgehead atoms. The average molecular weight is 338 g/mol. The number of nitrogens with zero attached hydrogens (tertiary/aromatic N) is 1. The molecular weight excluding hydrogens is 312 g/mol. The van der Waals surface area contributed by atoms with Crippen LogP contribution in [-0.4, -0.2) is 69.4 Å². The summed E-state index contributed by atoms with van der Waals surface area (Å²) < 4.78 is 16.0. The van der Waals surface area contributed by atoms with Gasteiger partial charge in [0.2, 0.25) is 11.8 Å². The van der Waals surface area contributed by atoms with E-state index in [1.54, 1.807) is 0 Å². The molecule has 1 heterocycles. The van der Waals surface area contributed by atoms with Crippen molar-refractivity contribution in [3.05, 3.63) is 12.2 Å². The number of hydrogen-bond donors (Lipinski definition) is 1. The SMILES string of the molecule is NCCOCCOCCOCCN1C(=O)C2C3C=CC(C3)C2C1=O. The highest BCUT2D eigenvalue weighted by Crippen LogP contribution is 2.52. The molecule has 0 aromatic heterocycles. The molecule has 2 N–H and O–H groups in total. The fourth-order valence-electron chi connectivity index (χ4n) is 3.97. The summed E-state index contributed by atoms with van der Waals surface area (Å²) in [5.41, 5.74) is 5.30. The Morgan fingerprint density at radius 3 is 1.92 bits per heavy atom. The topological polar surface area (TPSA) is 91.1 Å². The maximum atomic E-state index is 12.4. The van der Waals surface area contributed by atoms with Crippen LogP contribution in [0.2, 0.25) is 0 Å². The zero-order valence-corrected chi connectivity index (χ0v) is 13.9. The molecule has 7 nitrogen and oxygen atoms in total. The first kappa shape index (κ1) is 17.5. The smallest absolute Gasteiger partial charge is 0.233 e. The van der Waals surface area contributed by atoms with E-state index in [1.807, 2.05) is 0 Å². The van der Waals surface area contributed by atoms with Gasteiger partial charge in [0.05, 0.1) is 58.0 Å². The summed E-state index contributed by atoms with van der Waals surface area (Å²) in [6.45, 7) is 3.67. The fraction of sp³-hybridized carbons (Fsp3) is 0.765. The lowest BCUT2D eigenvalue weighted by atomic mass is 9.85. The van der Waals surface area contributed by atoms with E-state index in [0.717, 1.165) is 6.42 Å². The molecule has 134 valence electrons. The standard InChI is InChI=1S/C17H26N2O5/c18-3-5-22-7-9-24-10-8-23-6-4-19-16(20)14-12-1-2-13(11-12)15(14)17(19)21/h1-2,12-15H,3-11,18H2. The van der Waals surface area contributed by atoms with E-state index in [9.17, 15) is 9.59 Å². The summed E-state index contributed by atoms with van der Waals surface area (Å²) in [7, 11) is 0. The molecule has 1 saturated heterocycles. The van der Waals surface area contributed by atoms with Crippen LogP contribution in [0.25, 0.3) is 0 Å². The van der Waals surface area contributed by atoms with Gasteiger partial charge in [-0.1, -0.05) is 12.2 Å². The van der Waals surface area contributed by atoms with Gasteiger partial charge in [-0.25, -0.2) is 0 Å².